The number of nitrogens with two attached hydrogens (primary N) is 1. The second-order valence-corrected chi connectivity index (χ2v) is 6.23. The summed E-state index contributed by atoms with van der Waals surface area (Å²) in [7, 11) is 2.30. The zero-order chi connectivity index (χ0) is 11.5. The van der Waals surface area contributed by atoms with E-state index >= 15 is 0 Å². The van der Waals surface area contributed by atoms with Crippen molar-refractivity contribution in [1.82, 2.24) is 4.90 Å². The maximum atomic E-state index is 5.89. The van der Waals surface area contributed by atoms with Gasteiger partial charge < -0.3 is 10.6 Å². The van der Waals surface area contributed by atoms with E-state index in [9.17, 15) is 0 Å². The first kappa shape index (κ1) is 12.4. The van der Waals surface area contributed by atoms with E-state index in [1.54, 1.807) is 0 Å². The van der Waals surface area contributed by atoms with Crippen molar-refractivity contribution in [1.29, 1.82) is 0 Å². The minimum absolute atomic E-state index is 0.799. The van der Waals surface area contributed by atoms with Gasteiger partial charge in [0.05, 0.1) is 0 Å². The second kappa shape index (κ2) is 5.50. The molecule has 2 nitrogen and oxygen atoms in total. The van der Waals surface area contributed by atoms with Gasteiger partial charge >= 0.3 is 0 Å². The Balaban J connectivity index is 1.73. The second-order valence-electron chi connectivity index (χ2n) is 6.23. The molecule has 0 heterocycles. The first-order valence-corrected chi connectivity index (χ1v) is 7.09. The third kappa shape index (κ3) is 3.21. The quantitative estimate of drug-likeness (QED) is 0.776. The van der Waals surface area contributed by atoms with Gasteiger partial charge in [-0.2, -0.15) is 0 Å². The van der Waals surface area contributed by atoms with E-state index in [1.807, 2.05) is 0 Å². The molecule has 0 spiro atoms. The summed E-state index contributed by atoms with van der Waals surface area (Å²) in [5.41, 5.74) is 5.89. The Kier molecular flexibility index (Phi) is 4.26. The molecule has 0 bridgehead atoms. The SMILES string of the molecule is CC1CC1CN(C)CC1CCCCC1CN. The van der Waals surface area contributed by atoms with Crippen molar-refractivity contribution >= 4 is 0 Å². The van der Waals surface area contributed by atoms with Crippen LogP contribution in [0.2, 0.25) is 0 Å². The molecule has 0 radical (unpaired) electrons. The molecule has 16 heavy (non-hydrogen) atoms. The lowest BCUT2D eigenvalue weighted by molar-refractivity contribution is 0.169. The van der Waals surface area contributed by atoms with Crippen LogP contribution in [0.1, 0.15) is 39.0 Å². The van der Waals surface area contributed by atoms with Gasteiger partial charge in [0.15, 0.2) is 0 Å². The highest BCUT2D eigenvalue weighted by molar-refractivity contribution is 4.86. The van der Waals surface area contributed by atoms with E-state index < -0.39 is 0 Å². The summed E-state index contributed by atoms with van der Waals surface area (Å²) >= 11 is 0. The third-order valence-electron chi connectivity index (χ3n) is 4.74. The van der Waals surface area contributed by atoms with Crippen molar-refractivity contribution < 1.29 is 0 Å². The lowest BCUT2D eigenvalue weighted by atomic mass is 9.79. The average molecular weight is 224 g/mol. The van der Waals surface area contributed by atoms with Crippen LogP contribution in [0.4, 0.5) is 0 Å². The van der Waals surface area contributed by atoms with Gasteiger partial charge in [-0.25, -0.2) is 0 Å². The van der Waals surface area contributed by atoms with Gasteiger partial charge in [-0.1, -0.05) is 19.8 Å². The largest absolute Gasteiger partial charge is 0.330 e. The minimum Gasteiger partial charge on any atom is -0.330 e. The summed E-state index contributed by atoms with van der Waals surface area (Å²) in [5.74, 6) is 3.65. The van der Waals surface area contributed by atoms with Crippen molar-refractivity contribution in [3.63, 3.8) is 0 Å². The highest BCUT2D eigenvalue weighted by atomic mass is 15.1. The highest BCUT2D eigenvalue weighted by Gasteiger charge is 2.34. The van der Waals surface area contributed by atoms with E-state index in [0.717, 1.165) is 30.2 Å². The Hall–Kier alpha value is -0.0800. The van der Waals surface area contributed by atoms with Crippen molar-refractivity contribution in [2.75, 3.05) is 26.7 Å². The molecule has 4 unspecified atom stereocenters. The molecule has 0 aliphatic heterocycles. The van der Waals surface area contributed by atoms with Gasteiger partial charge in [-0.15, -0.1) is 0 Å². The molecular weight excluding hydrogens is 196 g/mol. The van der Waals surface area contributed by atoms with Gasteiger partial charge in [0.25, 0.3) is 0 Å². The summed E-state index contributed by atoms with van der Waals surface area (Å²) in [6, 6.07) is 0. The first-order valence-electron chi connectivity index (χ1n) is 7.09. The maximum Gasteiger partial charge on any atom is 0.000985 e. The molecule has 4 atom stereocenters. The maximum absolute atomic E-state index is 5.89. The predicted molar refractivity (Wildman–Crippen MR) is 69.3 cm³/mol. The Labute approximate surface area is 101 Å². The van der Waals surface area contributed by atoms with Crippen molar-refractivity contribution in [3.05, 3.63) is 0 Å². The van der Waals surface area contributed by atoms with Crippen LogP contribution in [0, 0.1) is 23.7 Å². The zero-order valence-electron chi connectivity index (χ0n) is 11.0. The van der Waals surface area contributed by atoms with Crippen molar-refractivity contribution in [2.45, 2.75) is 39.0 Å². The Morgan fingerprint density at radius 3 is 2.19 bits per heavy atom. The molecule has 2 N–H and O–H groups in total. The summed E-state index contributed by atoms with van der Waals surface area (Å²) in [6.07, 6.45) is 7.06. The molecule has 2 aliphatic carbocycles. The van der Waals surface area contributed by atoms with Crippen LogP contribution < -0.4 is 5.73 Å². The van der Waals surface area contributed by atoms with E-state index in [1.165, 1.54) is 45.2 Å². The van der Waals surface area contributed by atoms with Crippen molar-refractivity contribution in [2.24, 2.45) is 29.4 Å². The summed E-state index contributed by atoms with van der Waals surface area (Å²) in [6.45, 7) is 5.88. The van der Waals surface area contributed by atoms with Crippen LogP contribution in [-0.4, -0.2) is 31.6 Å². The van der Waals surface area contributed by atoms with Crippen LogP contribution >= 0.6 is 0 Å². The molecule has 0 saturated heterocycles. The molecule has 2 heteroatoms. The lowest BCUT2D eigenvalue weighted by Gasteiger charge is -2.33. The fourth-order valence-electron chi connectivity index (χ4n) is 3.36. The molecule has 2 rings (SSSR count). The van der Waals surface area contributed by atoms with Crippen LogP contribution in [0.25, 0.3) is 0 Å². The molecule has 0 aromatic carbocycles. The number of nitrogens with zero attached hydrogens (tertiary/aromatic N) is 1. The topological polar surface area (TPSA) is 29.3 Å². The summed E-state index contributed by atoms with van der Waals surface area (Å²) < 4.78 is 0. The summed E-state index contributed by atoms with van der Waals surface area (Å²) in [4.78, 5) is 2.56. The van der Waals surface area contributed by atoms with E-state index in [-0.39, 0.29) is 0 Å². The Morgan fingerprint density at radius 2 is 1.62 bits per heavy atom. The van der Waals surface area contributed by atoms with E-state index in [0.29, 0.717) is 0 Å². The van der Waals surface area contributed by atoms with Crippen LogP contribution in [-0.2, 0) is 0 Å². The van der Waals surface area contributed by atoms with Gasteiger partial charge in [-0.05, 0) is 56.5 Å². The Morgan fingerprint density at radius 1 is 1.06 bits per heavy atom. The lowest BCUT2D eigenvalue weighted by Crippen LogP contribution is -2.36. The summed E-state index contributed by atoms with van der Waals surface area (Å²) in [5, 5.41) is 0. The molecule has 2 fully saturated rings. The molecular formula is C14H28N2. The molecule has 2 saturated carbocycles. The van der Waals surface area contributed by atoms with Crippen molar-refractivity contribution in [3.8, 4) is 0 Å². The van der Waals surface area contributed by atoms with Crippen LogP contribution in [0.15, 0.2) is 0 Å². The molecule has 94 valence electrons. The fourth-order valence-corrected chi connectivity index (χ4v) is 3.36. The monoisotopic (exact) mass is 224 g/mol. The zero-order valence-corrected chi connectivity index (χ0v) is 11.0. The molecule has 2 aliphatic rings. The van der Waals surface area contributed by atoms with Gasteiger partial charge in [-0.3, -0.25) is 0 Å². The molecule has 0 aromatic heterocycles. The van der Waals surface area contributed by atoms with Gasteiger partial charge in [0.1, 0.15) is 0 Å². The smallest absolute Gasteiger partial charge is 0.000985 e. The third-order valence-corrected chi connectivity index (χ3v) is 4.74. The van der Waals surface area contributed by atoms with E-state index in [4.69, 9.17) is 5.73 Å². The number of hydrogen-bond acceptors (Lipinski definition) is 2. The Bertz CT molecular complexity index is 217. The van der Waals surface area contributed by atoms with Gasteiger partial charge in [0.2, 0.25) is 0 Å². The molecule has 0 aromatic rings. The number of hydrogen-bond donors (Lipinski definition) is 1. The van der Waals surface area contributed by atoms with Crippen LogP contribution in [0.5, 0.6) is 0 Å². The van der Waals surface area contributed by atoms with E-state index in [2.05, 4.69) is 18.9 Å². The molecule has 0 amide bonds. The number of rotatable bonds is 5. The normalized spacial score (nSPS) is 39.0. The standard InChI is InChI=1S/C14H28N2/c1-11-7-14(11)10-16(2)9-13-6-4-3-5-12(13)8-15/h11-14H,3-10,15H2,1-2H3. The average Bonchev–Trinajstić information content (AvgIpc) is 2.94. The fraction of sp³-hybridized carbons (Fsp3) is 1.00. The minimum atomic E-state index is 0.799. The van der Waals surface area contributed by atoms with Crippen LogP contribution in [0.3, 0.4) is 0 Å². The predicted octanol–water partition coefficient (Wildman–Crippen LogP) is 2.34. The van der Waals surface area contributed by atoms with Gasteiger partial charge in [0, 0.05) is 13.1 Å². The first-order chi connectivity index (χ1) is 7.70. The highest BCUT2D eigenvalue weighted by Crippen LogP contribution is 2.38.